The van der Waals surface area contributed by atoms with E-state index in [1.165, 1.54) is 18.7 Å². The molecule has 2 aromatic rings. The molecule has 0 saturated carbocycles. The van der Waals surface area contributed by atoms with E-state index in [9.17, 15) is 8.42 Å². The topological polar surface area (TPSA) is 102 Å². The summed E-state index contributed by atoms with van der Waals surface area (Å²) in [4.78, 5) is 3.93. The zero-order valence-corrected chi connectivity index (χ0v) is 11.3. The molecule has 0 spiro atoms. The minimum atomic E-state index is -3.65. The van der Waals surface area contributed by atoms with Crippen LogP contribution in [-0.2, 0) is 23.6 Å². The number of hydrogen-bond acceptors (Lipinski definition) is 6. The summed E-state index contributed by atoms with van der Waals surface area (Å²) in [5.74, 6) is 0.526. The maximum atomic E-state index is 12.2. The largest absolute Gasteiger partial charge is 0.387 e. The van der Waals surface area contributed by atoms with Gasteiger partial charge in [-0.05, 0) is 6.07 Å². The van der Waals surface area contributed by atoms with Crippen molar-refractivity contribution < 1.29 is 8.42 Å². The molecule has 102 valence electrons. The molecule has 0 atom stereocenters. The fraction of sp³-hybridized carbons (Fsp3) is 0.300. The van der Waals surface area contributed by atoms with Gasteiger partial charge in [0.25, 0.3) is 0 Å². The summed E-state index contributed by atoms with van der Waals surface area (Å²) in [5.41, 5.74) is 0.487. The zero-order valence-electron chi connectivity index (χ0n) is 10.5. The highest BCUT2D eigenvalue weighted by molar-refractivity contribution is 7.89. The Morgan fingerprint density at radius 3 is 2.84 bits per heavy atom. The molecular weight excluding hydrogens is 268 g/mol. The van der Waals surface area contributed by atoms with E-state index in [-0.39, 0.29) is 11.4 Å². The molecule has 9 heteroatoms. The first kappa shape index (κ1) is 13.4. The van der Waals surface area contributed by atoms with Crippen molar-refractivity contribution in [2.75, 3.05) is 12.4 Å². The van der Waals surface area contributed by atoms with E-state index < -0.39 is 10.0 Å². The Bertz CT molecular complexity index is 666. The Kier molecular flexibility index (Phi) is 3.76. The summed E-state index contributed by atoms with van der Waals surface area (Å²) < 4.78 is 28.4. The predicted octanol–water partition coefficient (Wildman–Crippen LogP) is -0.270. The minimum Gasteiger partial charge on any atom is -0.387 e. The molecule has 0 aromatic carbocycles. The predicted molar refractivity (Wildman–Crippen MR) is 68.8 cm³/mol. The molecule has 8 nitrogen and oxygen atoms in total. The van der Waals surface area contributed by atoms with Crippen LogP contribution in [0.4, 0.5) is 5.69 Å². The average Bonchev–Trinajstić information content (AvgIpc) is 2.82. The molecule has 0 amide bonds. The number of pyridine rings is 1. The third-order valence-corrected chi connectivity index (χ3v) is 4.00. The van der Waals surface area contributed by atoms with E-state index >= 15 is 0 Å². The van der Waals surface area contributed by atoms with Crippen LogP contribution in [0, 0.1) is 0 Å². The van der Waals surface area contributed by atoms with Crippen molar-refractivity contribution in [3.05, 3.63) is 30.6 Å². The van der Waals surface area contributed by atoms with Crippen molar-refractivity contribution >= 4 is 15.7 Å². The Morgan fingerprint density at radius 1 is 1.42 bits per heavy atom. The van der Waals surface area contributed by atoms with E-state index in [1.54, 1.807) is 24.7 Å². The van der Waals surface area contributed by atoms with Gasteiger partial charge in [0.05, 0.1) is 12.2 Å². The van der Waals surface area contributed by atoms with E-state index in [4.69, 9.17) is 0 Å². The summed E-state index contributed by atoms with van der Waals surface area (Å²) >= 11 is 0. The summed E-state index contributed by atoms with van der Waals surface area (Å²) in [7, 11) is -0.259. The number of hydrogen-bond donors (Lipinski definition) is 2. The zero-order chi connectivity index (χ0) is 13.9. The van der Waals surface area contributed by atoms with Gasteiger partial charge in [-0.2, -0.15) is 0 Å². The molecule has 19 heavy (non-hydrogen) atoms. The van der Waals surface area contributed by atoms with Crippen LogP contribution in [0.3, 0.4) is 0 Å². The Hall–Kier alpha value is -2.00. The molecule has 0 fully saturated rings. The van der Waals surface area contributed by atoms with Crippen LogP contribution >= 0.6 is 0 Å². The lowest BCUT2D eigenvalue weighted by Gasteiger charge is -2.10. The first-order chi connectivity index (χ1) is 9.04. The van der Waals surface area contributed by atoms with Crippen molar-refractivity contribution in [2.45, 2.75) is 11.4 Å². The summed E-state index contributed by atoms with van der Waals surface area (Å²) in [6.07, 6.45) is 4.32. The van der Waals surface area contributed by atoms with Crippen LogP contribution in [0.15, 0.2) is 29.7 Å². The van der Waals surface area contributed by atoms with Gasteiger partial charge in [0.2, 0.25) is 10.0 Å². The number of aryl methyl sites for hydroxylation is 1. The molecule has 2 N–H and O–H groups in total. The second-order valence-corrected chi connectivity index (χ2v) is 5.54. The number of rotatable bonds is 5. The quantitative estimate of drug-likeness (QED) is 0.782. The second kappa shape index (κ2) is 5.33. The smallest absolute Gasteiger partial charge is 0.244 e. The van der Waals surface area contributed by atoms with Crippen LogP contribution < -0.4 is 10.0 Å². The molecule has 0 aliphatic carbocycles. The molecule has 0 bridgehead atoms. The van der Waals surface area contributed by atoms with Crippen molar-refractivity contribution in [2.24, 2.45) is 7.05 Å². The molecule has 2 aromatic heterocycles. The van der Waals surface area contributed by atoms with Crippen LogP contribution in [0.2, 0.25) is 0 Å². The van der Waals surface area contributed by atoms with Gasteiger partial charge in [-0.1, -0.05) is 0 Å². The van der Waals surface area contributed by atoms with Crippen LogP contribution in [0.5, 0.6) is 0 Å². The molecule has 0 unspecified atom stereocenters. The SMILES string of the molecule is CNc1ccncc1S(=O)(=O)NCc1nncn1C. The average molecular weight is 282 g/mol. The lowest BCUT2D eigenvalue weighted by atomic mass is 10.4. The first-order valence-electron chi connectivity index (χ1n) is 5.49. The minimum absolute atomic E-state index is 0.0664. The molecule has 0 radical (unpaired) electrons. The van der Waals surface area contributed by atoms with Crippen LogP contribution in [-0.4, -0.2) is 35.2 Å². The molecule has 0 aliphatic rings. The second-order valence-electron chi connectivity index (χ2n) is 3.80. The van der Waals surface area contributed by atoms with Gasteiger partial charge >= 0.3 is 0 Å². The maximum absolute atomic E-state index is 12.2. The summed E-state index contributed by atoms with van der Waals surface area (Å²) in [6.45, 7) is 0.0664. The monoisotopic (exact) mass is 282 g/mol. The highest BCUT2D eigenvalue weighted by atomic mass is 32.2. The molecule has 2 rings (SSSR count). The summed E-state index contributed by atoms with van der Waals surface area (Å²) in [6, 6.07) is 1.59. The Balaban J connectivity index is 2.21. The summed E-state index contributed by atoms with van der Waals surface area (Å²) in [5, 5.41) is 10.3. The maximum Gasteiger partial charge on any atom is 0.244 e. The van der Waals surface area contributed by atoms with Gasteiger partial charge in [0.1, 0.15) is 17.0 Å². The van der Waals surface area contributed by atoms with Crippen molar-refractivity contribution in [1.29, 1.82) is 0 Å². The van der Waals surface area contributed by atoms with Crippen LogP contribution in [0.1, 0.15) is 5.82 Å². The molecular formula is C10H14N6O2S. The number of aromatic nitrogens is 4. The van der Waals surface area contributed by atoms with Crippen LogP contribution in [0.25, 0.3) is 0 Å². The number of nitrogens with one attached hydrogen (secondary N) is 2. The van der Waals surface area contributed by atoms with E-state index in [2.05, 4.69) is 25.2 Å². The number of nitrogens with zero attached hydrogens (tertiary/aromatic N) is 4. The van der Waals surface area contributed by atoms with E-state index in [0.717, 1.165) is 0 Å². The lowest BCUT2D eigenvalue weighted by molar-refractivity contribution is 0.577. The number of sulfonamides is 1. The standard InChI is InChI=1S/C10H14N6O2S/c1-11-8-3-4-12-5-9(8)19(17,18)14-6-10-15-13-7-16(10)2/h3-5,7,14H,6H2,1-2H3,(H,11,12). The van der Waals surface area contributed by atoms with Gasteiger partial charge in [0, 0.05) is 26.5 Å². The van der Waals surface area contributed by atoms with Gasteiger partial charge in [-0.3, -0.25) is 4.98 Å². The fourth-order valence-electron chi connectivity index (χ4n) is 1.51. The fourth-order valence-corrected chi connectivity index (χ4v) is 2.64. The molecule has 0 saturated heterocycles. The third-order valence-electron chi connectivity index (χ3n) is 2.57. The molecule has 2 heterocycles. The normalized spacial score (nSPS) is 11.5. The van der Waals surface area contributed by atoms with Crippen molar-refractivity contribution in [3.63, 3.8) is 0 Å². The van der Waals surface area contributed by atoms with Gasteiger partial charge in [0.15, 0.2) is 0 Å². The highest BCUT2D eigenvalue weighted by Crippen LogP contribution is 2.18. The highest BCUT2D eigenvalue weighted by Gasteiger charge is 2.18. The first-order valence-corrected chi connectivity index (χ1v) is 6.97. The Labute approximate surface area is 110 Å². The van der Waals surface area contributed by atoms with E-state index in [0.29, 0.717) is 11.5 Å². The van der Waals surface area contributed by atoms with E-state index in [1.807, 2.05) is 0 Å². The number of anilines is 1. The van der Waals surface area contributed by atoms with Gasteiger partial charge < -0.3 is 9.88 Å². The third kappa shape index (κ3) is 2.88. The van der Waals surface area contributed by atoms with Gasteiger partial charge in [-0.25, -0.2) is 13.1 Å². The lowest BCUT2D eigenvalue weighted by Crippen LogP contribution is -2.25. The van der Waals surface area contributed by atoms with Crippen molar-refractivity contribution in [1.82, 2.24) is 24.5 Å². The van der Waals surface area contributed by atoms with Gasteiger partial charge in [-0.15, -0.1) is 10.2 Å². The van der Waals surface area contributed by atoms with Crippen molar-refractivity contribution in [3.8, 4) is 0 Å². The molecule has 0 aliphatic heterocycles. The Morgan fingerprint density at radius 2 is 2.21 bits per heavy atom.